The number of hydrogen-bond acceptors (Lipinski definition) is 16. The van der Waals surface area contributed by atoms with Crippen molar-refractivity contribution < 1.29 is 8.83 Å². The molecule has 0 aliphatic rings. The van der Waals surface area contributed by atoms with Crippen molar-refractivity contribution in [2.24, 2.45) is 7.05 Å². The molecular formula is C80H112N16O2S2. The second-order valence-corrected chi connectivity index (χ2v) is 21.5. The van der Waals surface area contributed by atoms with Crippen LogP contribution in [0.5, 0.6) is 0 Å². The first-order valence-electron chi connectivity index (χ1n) is 34.9. The molecule has 536 valence electrons. The van der Waals surface area contributed by atoms with Gasteiger partial charge in [-0.05, 0) is 153 Å². The SMILES string of the molecule is CC.CC.CC.CC.CC.CC.CC.CC.Cc1nc2ccccc2o1.Cc1nc2ccccc2s1.Cc1nc2ccccn2c1C.Cc1nc2ccccn2c1C.Cc1nc2cccnc2n1C.Cc1nc2ncccc2o1.Cc1nc2ncccc2s1.Cc1nc2ncccn2c1C. The van der Waals surface area contributed by atoms with E-state index in [9.17, 15) is 0 Å². The normalized spacial score (nSPS) is 9.40. The summed E-state index contributed by atoms with van der Waals surface area (Å²) in [6.07, 6.45) is 13.0. The molecule has 2 aromatic carbocycles. The Hall–Kier alpha value is -9.92. The topological polar surface area (TPSA) is 199 Å². The van der Waals surface area contributed by atoms with Crippen LogP contribution in [-0.2, 0) is 7.05 Å². The summed E-state index contributed by atoms with van der Waals surface area (Å²) in [5.41, 5.74) is 16.0. The molecule has 14 heterocycles. The van der Waals surface area contributed by atoms with Crippen molar-refractivity contribution in [3.05, 3.63) is 233 Å². The van der Waals surface area contributed by atoms with Crippen LogP contribution >= 0.6 is 22.7 Å². The zero-order valence-corrected chi connectivity index (χ0v) is 66.6. The fourth-order valence-electron chi connectivity index (χ4n) is 8.45. The molecule has 0 amide bonds. The summed E-state index contributed by atoms with van der Waals surface area (Å²) in [6.45, 7) is 53.9. The summed E-state index contributed by atoms with van der Waals surface area (Å²) < 4.78 is 21.0. The predicted octanol–water partition coefficient (Wildman–Crippen LogP) is 23.0. The lowest BCUT2D eigenvalue weighted by Crippen LogP contribution is -1.91. The minimum atomic E-state index is 0.661. The molecule has 16 aromatic rings. The highest BCUT2D eigenvalue weighted by Gasteiger charge is 2.06. The molecule has 0 saturated carbocycles. The number of thiazole rings is 2. The molecule has 0 unspecified atom stereocenters. The minimum Gasteiger partial charge on any atom is -0.441 e. The minimum absolute atomic E-state index is 0.661. The molecule has 0 saturated heterocycles. The number of imidazole rings is 4. The molecule has 100 heavy (non-hydrogen) atoms. The lowest BCUT2D eigenvalue weighted by Gasteiger charge is -1.92. The largest absolute Gasteiger partial charge is 0.441 e. The van der Waals surface area contributed by atoms with Gasteiger partial charge in [0.05, 0.1) is 42.0 Å². The molecule has 0 aliphatic carbocycles. The molecule has 14 aromatic heterocycles. The highest BCUT2D eigenvalue weighted by atomic mass is 32.1. The molecular weight excluding hydrogens is 1280 g/mol. The number of aryl methyl sites for hydroxylation is 12. The van der Waals surface area contributed by atoms with Crippen molar-refractivity contribution in [3.63, 3.8) is 0 Å². The van der Waals surface area contributed by atoms with Crippen LogP contribution < -0.4 is 0 Å². The molecule has 0 N–H and O–H groups in total. The molecule has 0 fully saturated rings. The molecule has 0 bridgehead atoms. The standard InChI is InChI=1S/2C9H10N2.2C8H9N3.C8H7NO.C8H7NS.C7H6N2O.C7H6N2S.8C2H6/c2*1-7-8(2)11-6-4-3-5-9(11)10-7;1-6-10-7-4-3-5-9-8(7)11(6)2;1-6-7(2)11-5-3-4-9-8(11)10-6;2*1-6-9-7-4-2-3-5-8(7)10-6;2*1-5-9-7-6(10-5)3-2-4-8-7;8*1-2/h2*3-6H,1-2H3;2*3-5H,1-2H3;2*2-5H,1H3;2*2-4H,1H3;8*1-2H3. The van der Waals surface area contributed by atoms with Crippen LogP contribution in [0.15, 0.2) is 180 Å². The zero-order chi connectivity index (χ0) is 75.3. The number of hydrogen-bond donors (Lipinski definition) is 0. The Balaban J connectivity index is 0.000000555. The van der Waals surface area contributed by atoms with E-state index in [2.05, 4.69) is 88.5 Å². The Kier molecular flexibility index (Phi) is 43.7. The van der Waals surface area contributed by atoms with Crippen LogP contribution in [0.4, 0.5) is 0 Å². The summed E-state index contributed by atoms with van der Waals surface area (Å²) in [5.74, 6) is 3.16. The fourth-order valence-corrected chi connectivity index (χ4v) is 10.1. The summed E-state index contributed by atoms with van der Waals surface area (Å²) in [6, 6.07) is 41.4. The highest BCUT2D eigenvalue weighted by Crippen LogP contribution is 2.21. The monoisotopic (exact) mass is 1390 g/mol. The number of nitrogens with zero attached hydrogens (tertiary/aromatic N) is 16. The summed E-state index contributed by atoms with van der Waals surface area (Å²) >= 11 is 3.42. The molecule has 0 atom stereocenters. The van der Waals surface area contributed by atoms with Crippen molar-refractivity contribution >= 4 is 93.8 Å². The Morgan fingerprint density at radius 3 is 1.28 bits per heavy atom. The first-order valence-corrected chi connectivity index (χ1v) is 36.5. The molecule has 20 heteroatoms. The number of aromatic nitrogens is 16. The van der Waals surface area contributed by atoms with Crippen molar-refractivity contribution in [2.45, 2.75) is 187 Å². The number of benzene rings is 2. The van der Waals surface area contributed by atoms with Crippen LogP contribution in [0.2, 0.25) is 0 Å². The molecule has 0 spiro atoms. The van der Waals surface area contributed by atoms with E-state index >= 15 is 0 Å². The van der Waals surface area contributed by atoms with E-state index in [1.54, 1.807) is 47.5 Å². The Bertz CT molecular complexity index is 4040. The first kappa shape index (κ1) is 88.1. The van der Waals surface area contributed by atoms with Crippen LogP contribution in [0.25, 0.3) is 71.1 Å². The predicted molar refractivity (Wildman–Crippen MR) is 428 cm³/mol. The van der Waals surface area contributed by atoms with Gasteiger partial charge in [-0.1, -0.05) is 147 Å². The van der Waals surface area contributed by atoms with Gasteiger partial charge in [-0.3, -0.25) is 4.40 Å². The Morgan fingerprint density at radius 2 is 0.740 bits per heavy atom. The van der Waals surface area contributed by atoms with Crippen molar-refractivity contribution in [1.82, 2.24) is 77.6 Å². The highest BCUT2D eigenvalue weighted by molar-refractivity contribution is 7.18. The van der Waals surface area contributed by atoms with E-state index in [-0.39, 0.29) is 0 Å². The van der Waals surface area contributed by atoms with Gasteiger partial charge in [0.15, 0.2) is 39.9 Å². The number of rotatable bonds is 0. The van der Waals surface area contributed by atoms with Crippen molar-refractivity contribution in [3.8, 4) is 0 Å². The smallest absolute Gasteiger partial charge is 0.234 e. The zero-order valence-electron chi connectivity index (χ0n) is 65.0. The van der Waals surface area contributed by atoms with Crippen LogP contribution in [-0.4, -0.2) is 77.6 Å². The van der Waals surface area contributed by atoms with Crippen molar-refractivity contribution in [2.75, 3.05) is 0 Å². The van der Waals surface area contributed by atoms with Gasteiger partial charge in [-0.2, -0.15) is 4.98 Å². The van der Waals surface area contributed by atoms with Crippen LogP contribution in [0.3, 0.4) is 0 Å². The average molecular weight is 1390 g/mol. The van der Waals surface area contributed by atoms with E-state index in [4.69, 9.17) is 8.83 Å². The van der Waals surface area contributed by atoms with Crippen LogP contribution in [0, 0.1) is 76.2 Å². The van der Waals surface area contributed by atoms with E-state index in [1.165, 1.54) is 20.8 Å². The first-order chi connectivity index (χ1) is 48.6. The van der Waals surface area contributed by atoms with Gasteiger partial charge in [-0.15, -0.1) is 22.7 Å². The van der Waals surface area contributed by atoms with Gasteiger partial charge < -0.3 is 22.2 Å². The van der Waals surface area contributed by atoms with Gasteiger partial charge in [0.1, 0.15) is 28.2 Å². The molecule has 18 nitrogen and oxygen atoms in total. The van der Waals surface area contributed by atoms with Crippen LogP contribution in [0.1, 0.15) is 173 Å². The Morgan fingerprint density at radius 1 is 0.320 bits per heavy atom. The summed E-state index contributed by atoms with van der Waals surface area (Å²) in [4.78, 5) is 50.5. The summed E-state index contributed by atoms with van der Waals surface area (Å²) in [7, 11) is 1.97. The Labute approximate surface area is 603 Å². The van der Waals surface area contributed by atoms with E-state index in [0.717, 1.165) is 101 Å². The van der Waals surface area contributed by atoms with E-state index in [1.807, 2.05) is 329 Å². The third-order valence-corrected chi connectivity index (χ3v) is 15.0. The maximum atomic E-state index is 5.26. The van der Waals surface area contributed by atoms with Gasteiger partial charge >= 0.3 is 0 Å². The average Bonchev–Trinajstić information content (AvgIpc) is 1.69. The molecule has 0 radical (unpaired) electrons. The van der Waals surface area contributed by atoms with Gasteiger partial charge in [0, 0.05) is 81.4 Å². The maximum absolute atomic E-state index is 5.26. The number of fused-ring (bicyclic) bond motifs is 8. The molecule has 16 rings (SSSR count). The number of para-hydroxylation sites is 3. The summed E-state index contributed by atoms with van der Waals surface area (Å²) in [5, 5.41) is 2.22. The van der Waals surface area contributed by atoms with E-state index in [0.29, 0.717) is 11.5 Å². The third kappa shape index (κ3) is 26.7. The number of pyridine rings is 5. The quantitative estimate of drug-likeness (QED) is 0.139. The lowest BCUT2D eigenvalue weighted by molar-refractivity contribution is 0.560. The second-order valence-electron chi connectivity index (χ2n) is 19.1. The van der Waals surface area contributed by atoms with Gasteiger partial charge in [0.25, 0.3) is 0 Å². The lowest BCUT2D eigenvalue weighted by atomic mass is 10.3. The van der Waals surface area contributed by atoms with E-state index < -0.39 is 0 Å². The van der Waals surface area contributed by atoms with Gasteiger partial charge in [-0.25, -0.2) is 54.8 Å². The second kappa shape index (κ2) is 49.6. The molecule has 0 aliphatic heterocycles. The van der Waals surface area contributed by atoms with Crippen molar-refractivity contribution in [1.29, 1.82) is 0 Å². The number of oxazole rings is 2. The van der Waals surface area contributed by atoms with Gasteiger partial charge in [0.2, 0.25) is 5.78 Å². The maximum Gasteiger partial charge on any atom is 0.234 e. The third-order valence-electron chi connectivity index (χ3n) is 13.1. The fraction of sp³-hybridized carbons (Fsp3) is 0.350.